The fourth-order valence-corrected chi connectivity index (χ4v) is 3.70. The van der Waals surface area contributed by atoms with Crippen LogP contribution in [0, 0.1) is 0 Å². The molecule has 1 fully saturated rings. The summed E-state index contributed by atoms with van der Waals surface area (Å²) in [6, 6.07) is -1.04. The molecule has 0 spiro atoms. The Morgan fingerprint density at radius 3 is 1.83 bits per heavy atom. The van der Waals surface area contributed by atoms with Gasteiger partial charge < -0.3 is 19.1 Å². The Morgan fingerprint density at radius 2 is 1.40 bits per heavy atom. The molecule has 10 nitrogen and oxygen atoms in total. The molecular weight excluding hydrogens is 524 g/mol. The van der Waals surface area contributed by atoms with Gasteiger partial charge in [0.1, 0.15) is 5.60 Å². The number of rotatable bonds is 9. The second-order valence-corrected chi connectivity index (χ2v) is 9.84. The Hall–Kier alpha value is -2.01. The Bertz CT molecular complexity index is 738. The van der Waals surface area contributed by atoms with E-state index in [1.807, 2.05) is 32.6 Å². The summed E-state index contributed by atoms with van der Waals surface area (Å²) in [6.45, 7) is 16.0. The highest BCUT2D eigenvalue weighted by Crippen LogP contribution is 2.18. The van der Waals surface area contributed by atoms with Crippen molar-refractivity contribution in [2.75, 3.05) is 32.8 Å². The Balaban J connectivity index is 0.000000883. The lowest BCUT2D eigenvalue weighted by Crippen LogP contribution is -2.61. The number of Topliss-reactive ketones (excluding diaryl/α,β-unsaturated/α-hetero) is 2. The van der Waals surface area contributed by atoms with Crippen molar-refractivity contribution in [1.29, 1.82) is 0 Å². The first-order valence-electron chi connectivity index (χ1n) is 12.0. The van der Waals surface area contributed by atoms with Gasteiger partial charge in [-0.2, -0.15) is 0 Å². The third kappa shape index (κ3) is 11.5. The summed E-state index contributed by atoms with van der Waals surface area (Å²) in [5, 5.41) is 0. The Labute approximate surface area is 217 Å². The third-order valence-corrected chi connectivity index (χ3v) is 5.83. The molecule has 0 aromatic rings. The zero-order valence-corrected chi connectivity index (χ0v) is 23.8. The van der Waals surface area contributed by atoms with E-state index in [9.17, 15) is 24.0 Å². The predicted molar refractivity (Wildman–Crippen MR) is 134 cm³/mol. The van der Waals surface area contributed by atoms with Crippen LogP contribution in [-0.2, 0) is 33.4 Å². The van der Waals surface area contributed by atoms with Crippen LogP contribution in [0.1, 0.15) is 68.2 Å². The van der Waals surface area contributed by atoms with Gasteiger partial charge in [0.15, 0.2) is 22.4 Å². The van der Waals surface area contributed by atoms with Crippen LogP contribution < -0.4 is 0 Å². The van der Waals surface area contributed by atoms with Crippen LogP contribution in [0.3, 0.4) is 0 Å². The fourth-order valence-electron chi connectivity index (χ4n) is 3.24. The lowest BCUT2D eigenvalue weighted by molar-refractivity contribution is -0.155. The van der Waals surface area contributed by atoms with E-state index in [1.165, 1.54) is 0 Å². The van der Waals surface area contributed by atoms with E-state index in [4.69, 9.17) is 9.47 Å². The van der Waals surface area contributed by atoms with Gasteiger partial charge in [-0.25, -0.2) is 9.59 Å². The molecule has 1 amide bonds. The van der Waals surface area contributed by atoms with E-state index < -0.39 is 28.4 Å². The zero-order valence-electron chi connectivity index (χ0n) is 22.2. The lowest BCUT2D eigenvalue weighted by atomic mass is 10.0. The van der Waals surface area contributed by atoms with Crippen molar-refractivity contribution in [1.82, 2.24) is 9.80 Å². The molecule has 3 atom stereocenters. The van der Waals surface area contributed by atoms with Crippen molar-refractivity contribution in [3.05, 3.63) is 0 Å². The van der Waals surface area contributed by atoms with Gasteiger partial charge in [-0.05, 0) is 41.5 Å². The molecule has 11 heteroatoms. The number of halogens is 1. The topological polar surface area (TPSA) is 120 Å². The van der Waals surface area contributed by atoms with Crippen LogP contribution in [0.2, 0.25) is 0 Å². The highest BCUT2D eigenvalue weighted by atomic mass is 79.9. The summed E-state index contributed by atoms with van der Waals surface area (Å²) in [6.07, 6.45) is 0.237. The van der Waals surface area contributed by atoms with E-state index in [-0.39, 0.29) is 36.7 Å². The van der Waals surface area contributed by atoms with Crippen LogP contribution >= 0.6 is 15.9 Å². The van der Waals surface area contributed by atoms with Gasteiger partial charge in [0, 0.05) is 38.5 Å². The van der Waals surface area contributed by atoms with Crippen molar-refractivity contribution in [2.24, 2.45) is 0 Å². The molecule has 0 aromatic carbocycles. The Kier molecular flexibility index (Phi) is 15.0. The molecule has 0 aromatic heterocycles. The highest BCUT2D eigenvalue weighted by Gasteiger charge is 2.39. The average Bonchev–Trinajstić information content (AvgIpc) is 2.78. The average molecular weight is 566 g/mol. The van der Waals surface area contributed by atoms with E-state index in [2.05, 4.69) is 20.7 Å². The fraction of sp³-hybridized carbons (Fsp3) is 0.792. The molecule has 1 rings (SSSR count). The number of hydrogen-bond acceptors (Lipinski definition) is 9. The number of amides is 1. The van der Waals surface area contributed by atoms with E-state index in [1.54, 1.807) is 32.6 Å². The summed E-state index contributed by atoms with van der Waals surface area (Å²) >= 11 is 2.95. The third-order valence-electron chi connectivity index (χ3n) is 4.95. The van der Waals surface area contributed by atoms with Crippen molar-refractivity contribution in [3.63, 3.8) is 0 Å². The van der Waals surface area contributed by atoms with E-state index >= 15 is 0 Å². The smallest absolute Gasteiger partial charge is 0.410 e. The van der Waals surface area contributed by atoms with Crippen molar-refractivity contribution < 1.29 is 38.2 Å². The number of piperazine rings is 1. The number of ketones is 2. The Morgan fingerprint density at radius 1 is 0.886 bits per heavy atom. The predicted octanol–water partition coefficient (Wildman–Crippen LogP) is 3.13. The lowest BCUT2D eigenvalue weighted by Gasteiger charge is -2.42. The van der Waals surface area contributed by atoms with Gasteiger partial charge in [0.05, 0.1) is 13.2 Å². The van der Waals surface area contributed by atoms with Gasteiger partial charge in [0.25, 0.3) is 0 Å². The summed E-state index contributed by atoms with van der Waals surface area (Å²) in [5.74, 6) is -1.32. The second kappa shape index (κ2) is 15.9. The molecular formula is C24H41BrN2O8. The van der Waals surface area contributed by atoms with Gasteiger partial charge in [-0.15, -0.1) is 0 Å². The maximum absolute atomic E-state index is 12.2. The molecule has 202 valence electrons. The minimum atomic E-state index is -0.897. The van der Waals surface area contributed by atoms with Gasteiger partial charge in [-0.1, -0.05) is 29.8 Å². The monoisotopic (exact) mass is 564 g/mol. The van der Waals surface area contributed by atoms with Gasteiger partial charge >= 0.3 is 18.0 Å². The van der Waals surface area contributed by atoms with Crippen molar-refractivity contribution >= 4 is 45.5 Å². The maximum atomic E-state index is 12.2. The SMILES string of the molecule is CCOC(=O)C(Br)C(=O)CC.CCOC(=O)C(C(=O)CC)N1CCN(C(=O)OC(C)(C)C)C[C@@H]1C. The van der Waals surface area contributed by atoms with Crippen LogP contribution in [0.15, 0.2) is 0 Å². The van der Waals surface area contributed by atoms with Gasteiger partial charge in [0.2, 0.25) is 0 Å². The van der Waals surface area contributed by atoms with Crippen molar-refractivity contribution in [2.45, 2.75) is 90.7 Å². The molecule has 1 heterocycles. The molecule has 0 N–H and O–H groups in total. The molecule has 0 saturated carbocycles. The summed E-state index contributed by atoms with van der Waals surface area (Å²) in [5.41, 5.74) is -0.552. The molecule has 35 heavy (non-hydrogen) atoms. The van der Waals surface area contributed by atoms with Crippen molar-refractivity contribution in [3.8, 4) is 0 Å². The maximum Gasteiger partial charge on any atom is 0.410 e. The quantitative estimate of drug-likeness (QED) is 0.180. The molecule has 0 bridgehead atoms. The molecule has 0 radical (unpaired) electrons. The van der Waals surface area contributed by atoms with Crippen LogP contribution in [0.5, 0.6) is 0 Å². The minimum absolute atomic E-state index is 0.142. The second-order valence-electron chi connectivity index (χ2n) is 8.92. The van der Waals surface area contributed by atoms with Gasteiger partial charge in [-0.3, -0.25) is 19.3 Å². The first-order chi connectivity index (χ1) is 16.2. The number of carbonyl (C=O) groups excluding carboxylic acids is 5. The largest absolute Gasteiger partial charge is 0.465 e. The highest BCUT2D eigenvalue weighted by molar-refractivity contribution is 9.10. The number of carbonyl (C=O) groups is 5. The number of esters is 2. The first kappa shape index (κ1) is 33.0. The van der Waals surface area contributed by atoms with E-state index in [0.29, 0.717) is 32.7 Å². The summed E-state index contributed by atoms with van der Waals surface area (Å²) < 4.78 is 15.1. The number of hydrogen-bond donors (Lipinski definition) is 0. The molecule has 2 unspecified atom stereocenters. The van der Waals surface area contributed by atoms with E-state index in [0.717, 1.165) is 0 Å². The van der Waals surface area contributed by atoms with Crippen LogP contribution in [0.4, 0.5) is 4.79 Å². The minimum Gasteiger partial charge on any atom is -0.465 e. The van der Waals surface area contributed by atoms with Crippen LogP contribution in [0.25, 0.3) is 0 Å². The standard InChI is InChI=1S/C17H30N2O5.C7H11BrO3/c1-7-13(20)14(15(21)23-8-2)19-10-9-18(11-12(19)3)16(22)24-17(4,5)6;1-3-5(9)6(8)7(10)11-4-2/h12,14H,7-11H2,1-6H3;6H,3-4H2,1-2H3/t12-,14?;/m0./s1. The molecule has 1 aliphatic rings. The zero-order chi connectivity index (χ0) is 27.3. The normalized spacial score (nSPS) is 17.9. The number of alkyl halides is 1. The summed E-state index contributed by atoms with van der Waals surface area (Å²) in [4.78, 5) is 61.0. The molecule has 1 aliphatic heterocycles. The molecule has 0 aliphatic carbocycles. The first-order valence-corrected chi connectivity index (χ1v) is 12.9. The number of nitrogens with zero attached hydrogens (tertiary/aromatic N) is 2. The molecule has 1 saturated heterocycles. The number of ether oxygens (including phenoxy) is 3. The summed E-state index contributed by atoms with van der Waals surface area (Å²) in [7, 11) is 0. The van der Waals surface area contributed by atoms with Crippen LogP contribution in [-0.4, -0.2) is 94.8 Å².